The third kappa shape index (κ3) is 6.10. The van der Waals surface area contributed by atoms with Crippen LogP contribution in [0.5, 0.6) is 5.75 Å². The zero-order chi connectivity index (χ0) is 12.7. The van der Waals surface area contributed by atoms with Crippen LogP contribution in [0.3, 0.4) is 0 Å². The molecule has 92 valence electrons. The van der Waals surface area contributed by atoms with Gasteiger partial charge in [0.15, 0.2) is 0 Å². The summed E-state index contributed by atoms with van der Waals surface area (Å²) < 4.78 is 7.55. The number of nitrogens with one attached hydrogen (secondary N) is 1. The summed E-state index contributed by atoms with van der Waals surface area (Å²) in [6, 6.07) is 8.06. The van der Waals surface area contributed by atoms with Gasteiger partial charge in [0, 0.05) is 0 Å². The summed E-state index contributed by atoms with van der Waals surface area (Å²) >= 11 is 2.55. The van der Waals surface area contributed by atoms with Crippen LogP contribution in [0.25, 0.3) is 0 Å². The van der Waals surface area contributed by atoms with Crippen LogP contribution in [-0.4, -0.2) is 34.5 Å². The zero-order valence-corrected chi connectivity index (χ0v) is 13.6. The Morgan fingerprint density at radius 1 is 1.47 bits per heavy atom. The second kappa shape index (κ2) is 7.74. The van der Waals surface area contributed by atoms with E-state index < -0.39 is 0 Å². The Balaban J connectivity index is 2.47. The van der Waals surface area contributed by atoms with Crippen molar-refractivity contribution in [3.63, 3.8) is 0 Å². The van der Waals surface area contributed by atoms with Gasteiger partial charge in [-0.25, -0.2) is 0 Å². The first-order valence-corrected chi connectivity index (χ1v) is 7.94. The Bertz CT molecular complexity index is 403. The third-order valence-electron chi connectivity index (χ3n) is 1.89. The third-order valence-corrected chi connectivity index (χ3v) is 5.52. The number of methoxy groups -OCH3 is 1. The Morgan fingerprint density at radius 3 is 2.65 bits per heavy atom. The predicted molar refractivity (Wildman–Crippen MR) is 79.2 cm³/mol. The molecule has 1 aromatic carbocycles. The molecule has 0 saturated carbocycles. The molecule has 5 heteroatoms. The number of halogens is 1. The Hall–Kier alpha value is -0.521. The van der Waals surface area contributed by atoms with E-state index in [-0.39, 0.29) is 5.91 Å². The Morgan fingerprint density at radius 2 is 2.12 bits per heavy atom. The molecule has 0 spiro atoms. The van der Waals surface area contributed by atoms with E-state index in [0.717, 1.165) is 9.33 Å². The van der Waals surface area contributed by atoms with Crippen LogP contribution < -0.4 is 14.5 Å². The van der Waals surface area contributed by atoms with E-state index in [2.05, 4.69) is 45.0 Å². The summed E-state index contributed by atoms with van der Waals surface area (Å²) in [7, 11) is 1.66. The maximum atomic E-state index is 10.7. The molecular formula is C12H14INO2Se. The number of rotatable bonds is 5. The molecule has 3 nitrogen and oxygen atoms in total. The molecule has 1 rings (SSSR count). The van der Waals surface area contributed by atoms with Gasteiger partial charge in [0.05, 0.1) is 0 Å². The van der Waals surface area contributed by atoms with E-state index in [9.17, 15) is 4.79 Å². The van der Waals surface area contributed by atoms with Crippen LogP contribution in [0.1, 0.15) is 6.92 Å². The van der Waals surface area contributed by atoms with Crippen molar-refractivity contribution in [1.29, 1.82) is 0 Å². The molecule has 0 atom stereocenters. The minimum absolute atomic E-state index is 0.00418. The average Bonchev–Trinajstić information content (AvgIpc) is 2.34. The summed E-state index contributed by atoms with van der Waals surface area (Å²) in [5.41, 5.74) is 0. The fourth-order valence-corrected chi connectivity index (χ4v) is 3.23. The first-order valence-electron chi connectivity index (χ1n) is 5.01. The summed E-state index contributed by atoms with van der Waals surface area (Å²) in [5.74, 6) is 0.881. The van der Waals surface area contributed by atoms with E-state index in [4.69, 9.17) is 4.74 Å². The van der Waals surface area contributed by atoms with Crippen molar-refractivity contribution in [2.45, 2.75) is 6.92 Å². The number of ether oxygens (including phenoxy) is 1. The van der Waals surface area contributed by atoms with Crippen molar-refractivity contribution in [1.82, 2.24) is 5.32 Å². The number of carbonyl (C=O) groups is 1. The molecule has 1 aromatic rings. The average molecular weight is 410 g/mol. The molecule has 17 heavy (non-hydrogen) atoms. The van der Waals surface area contributed by atoms with E-state index in [1.54, 1.807) is 7.11 Å². The summed E-state index contributed by atoms with van der Waals surface area (Å²) in [6.07, 6.45) is 0. The monoisotopic (exact) mass is 411 g/mol. The van der Waals surface area contributed by atoms with Crippen molar-refractivity contribution >= 4 is 47.9 Å². The number of hydrogen-bond donors (Lipinski definition) is 1. The SMILES string of the molecule is COc1ccc([Se]/C=C(\I)CNC(C)=O)cc1. The van der Waals surface area contributed by atoms with Gasteiger partial charge in [-0.15, -0.1) is 0 Å². The van der Waals surface area contributed by atoms with E-state index in [1.165, 1.54) is 11.4 Å². The minimum atomic E-state index is 0.00418. The van der Waals surface area contributed by atoms with Crippen LogP contribution in [-0.2, 0) is 4.79 Å². The number of benzene rings is 1. The molecule has 0 unspecified atom stereocenters. The van der Waals surface area contributed by atoms with Crippen molar-refractivity contribution in [3.8, 4) is 5.75 Å². The molecule has 1 N–H and O–H groups in total. The van der Waals surface area contributed by atoms with Crippen LogP contribution in [0.4, 0.5) is 0 Å². The maximum absolute atomic E-state index is 10.7. The van der Waals surface area contributed by atoms with Gasteiger partial charge in [0.2, 0.25) is 0 Å². The number of carbonyl (C=O) groups excluding carboxylic acids is 1. The summed E-state index contributed by atoms with van der Waals surface area (Å²) in [4.78, 5) is 12.9. The molecule has 0 aliphatic carbocycles. The second-order valence-corrected chi connectivity index (χ2v) is 6.63. The first-order chi connectivity index (χ1) is 8.11. The fourth-order valence-electron chi connectivity index (χ4n) is 1.04. The molecule has 0 fully saturated rings. The van der Waals surface area contributed by atoms with Gasteiger partial charge in [-0.2, -0.15) is 0 Å². The van der Waals surface area contributed by atoms with Gasteiger partial charge < -0.3 is 0 Å². The van der Waals surface area contributed by atoms with Crippen molar-refractivity contribution in [2.75, 3.05) is 13.7 Å². The van der Waals surface area contributed by atoms with Crippen LogP contribution >= 0.6 is 22.6 Å². The van der Waals surface area contributed by atoms with Gasteiger partial charge in [0.1, 0.15) is 0 Å². The molecule has 0 aliphatic rings. The van der Waals surface area contributed by atoms with Crippen LogP contribution in [0.2, 0.25) is 0 Å². The Kier molecular flexibility index (Phi) is 6.62. The first kappa shape index (κ1) is 14.5. The number of amides is 1. The standard InChI is InChI=1S/C12H14INO2Se/c1-9(15)14-7-10(13)8-17-12-5-3-11(16-2)4-6-12/h3-6,8H,7H2,1-2H3,(H,14,15)/b10-8-. The molecule has 0 bridgehead atoms. The van der Waals surface area contributed by atoms with Gasteiger partial charge in [-0.3, -0.25) is 0 Å². The summed E-state index contributed by atoms with van der Waals surface area (Å²) in [5, 5.41) is 2.78. The van der Waals surface area contributed by atoms with Gasteiger partial charge in [0.25, 0.3) is 0 Å². The van der Waals surface area contributed by atoms with E-state index >= 15 is 0 Å². The zero-order valence-electron chi connectivity index (χ0n) is 9.70. The molecule has 0 saturated heterocycles. The molecule has 0 aliphatic heterocycles. The number of hydrogen-bond acceptors (Lipinski definition) is 2. The molecule has 0 aromatic heterocycles. The van der Waals surface area contributed by atoms with Gasteiger partial charge >= 0.3 is 122 Å². The second-order valence-electron chi connectivity index (χ2n) is 3.27. The van der Waals surface area contributed by atoms with Gasteiger partial charge in [-0.05, 0) is 0 Å². The van der Waals surface area contributed by atoms with Crippen molar-refractivity contribution < 1.29 is 9.53 Å². The van der Waals surface area contributed by atoms with Crippen LogP contribution in [0, 0.1) is 0 Å². The van der Waals surface area contributed by atoms with E-state index in [0.29, 0.717) is 21.5 Å². The van der Waals surface area contributed by atoms with Crippen LogP contribution in [0.15, 0.2) is 32.8 Å². The normalized spacial score (nSPS) is 11.1. The van der Waals surface area contributed by atoms with Gasteiger partial charge in [-0.1, -0.05) is 0 Å². The predicted octanol–water partition coefficient (Wildman–Crippen LogP) is 1.44. The molecular weight excluding hydrogens is 396 g/mol. The van der Waals surface area contributed by atoms with Crippen molar-refractivity contribution in [2.24, 2.45) is 0 Å². The summed E-state index contributed by atoms with van der Waals surface area (Å²) in [6.45, 7) is 2.15. The van der Waals surface area contributed by atoms with Crippen molar-refractivity contribution in [3.05, 3.63) is 32.8 Å². The fraction of sp³-hybridized carbons (Fsp3) is 0.250. The molecule has 0 heterocycles. The van der Waals surface area contributed by atoms with E-state index in [1.807, 2.05) is 12.1 Å². The topological polar surface area (TPSA) is 38.3 Å². The Labute approximate surface area is 121 Å². The molecule has 0 radical (unpaired) electrons. The molecule has 1 amide bonds. The quantitative estimate of drug-likeness (QED) is 0.590.